The van der Waals surface area contributed by atoms with Crippen molar-refractivity contribution in [2.75, 3.05) is 0 Å². The minimum Gasteiger partial charge on any atom is -0.325 e. The lowest BCUT2D eigenvalue weighted by atomic mass is 9.78. The first-order chi connectivity index (χ1) is 5.37. The largest absolute Gasteiger partial charge is 0.325 e. The van der Waals surface area contributed by atoms with Crippen molar-refractivity contribution in [3.63, 3.8) is 0 Å². The molecule has 1 aliphatic carbocycles. The molecule has 3 heteroatoms. The lowest BCUT2D eigenvalue weighted by Crippen LogP contribution is -2.41. The molecule has 0 bridgehead atoms. The van der Waals surface area contributed by atoms with E-state index in [1.165, 1.54) is 0 Å². The Hall–Kier alpha value is -1.12. The predicted molar refractivity (Wildman–Crippen MR) is 40.1 cm³/mol. The van der Waals surface area contributed by atoms with Gasteiger partial charge in [0.15, 0.2) is 0 Å². The highest BCUT2D eigenvalue weighted by atomic mass is 16.1. The van der Waals surface area contributed by atoms with Crippen LogP contribution in [0.3, 0.4) is 0 Å². The number of aromatic nitrogens is 2. The second-order valence-corrected chi connectivity index (χ2v) is 3.04. The zero-order chi connectivity index (χ0) is 7.73. The van der Waals surface area contributed by atoms with Crippen molar-refractivity contribution in [1.29, 1.82) is 0 Å². The van der Waals surface area contributed by atoms with Crippen LogP contribution in [0.5, 0.6) is 0 Å². The van der Waals surface area contributed by atoms with Gasteiger partial charge in [-0.1, -0.05) is 0 Å². The SMILES string of the molecule is O=CC1(n2ccnc2)CCC1. The van der Waals surface area contributed by atoms with E-state index < -0.39 is 0 Å². The molecule has 1 aromatic rings. The summed E-state index contributed by atoms with van der Waals surface area (Å²) in [6.45, 7) is 0. The van der Waals surface area contributed by atoms with Crippen LogP contribution in [0.15, 0.2) is 18.7 Å². The third kappa shape index (κ3) is 0.803. The van der Waals surface area contributed by atoms with Crippen LogP contribution in [0.25, 0.3) is 0 Å². The van der Waals surface area contributed by atoms with E-state index in [1.807, 2.05) is 10.8 Å². The fourth-order valence-electron chi connectivity index (χ4n) is 1.50. The first-order valence-electron chi connectivity index (χ1n) is 3.82. The maximum atomic E-state index is 10.8. The van der Waals surface area contributed by atoms with Crippen LogP contribution in [0.1, 0.15) is 19.3 Å². The van der Waals surface area contributed by atoms with Gasteiger partial charge in [-0.3, -0.25) is 0 Å². The molecule has 0 aliphatic heterocycles. The van der Waals surface area contributed by atoms with Gasteiger partial charge in [-0.25, -0.2) is 4.98 Å². The summed E-state index contributed by atoms with van der Waals surface area (Å²) in [6, 6.07) is 0. The Morgan fingerprint density at radius 3 is 2.73 bits per heavy atom. The molecule has 1 aliphatic rings. The van der Waals surface area contributed by atoms with Gasteiger partial charge in [0.2, 0.25) is 0 Å². The van der Waals surface area contributed by atoms with Gasteiger partial charge in [-0.05, 0) is 19.3 Å². The number of rotatable bonds is 2. The van der Waals surface area contributed by atoms with Crippen LogP contribution >= 0.6 is 0 Å². The third-order valence-corrected chi connectivity index (χ3v) is 2.46. The van der Waals surface area contributed by atoms with Crippen LogP contribution in [0.4, 0.5) is 0 Å². The van der Waals surface area contributed by atoms with Crippen molar-refractivity contribution in [3.8, 4) is 0 Å². The summed E-state index contributed by atoms with van der Waals surface area (Å²) in [5.74, 6) is 0. The molecular weight excluding hydrogens is 140 g/mol. The summed E-state index contributed by atoms with van der Waals surface area (Å²) in [4.78, 5) is 14.7. The quantitative estimate of drug-likeness (QED) is 0.588. The molecule has 2 rings (SSSR count). The molecule has 0 unspecified atom stereocenters. The maximum Gasteiger partial charge on any atom is 0.145 e. The minimum atomic E-state index is -0.240. The normalized spacial score (nSPS) is 20.7. The van der Waals surface area contributed by atoms with Gasteiger partial charge in [0.1, 0.15) is 11.8 Å². The molecule has 0 N–H and O–H groups in total. The summed E-state index contributed by atoms with van der Waals surface area (Å²) in [6.07, 6.45) is 9.40. The number of nitrogens with zero attached hydrogens (tertiary/aromatic N) is 2. The van der Waals surface area contributed by atoms with Gasteiger partial charge in [-0.15, -0.1) is 0 Å². The lowest BCUT2D eigenvalue weighted by Gasteiger charge is -2.37. The van der Waals surface area contributed by atoms with Crippen molar-refractivity contribution in [2.45, 2.75) is 24.8 Å². The lowest BCUT2D eigenvalue weighted by molar-refractivity contribution is -0.119. The van der Waals surface area contributed by atoms with Crippen LogP contribution in [-0.2, 0) is 10.3 Å². The van der Waals surface area contributed by atoms with Crippen molar-refractivity contribution in [3.05, 3.63) is 18.7 Å². The summed E-state index contributed by atoms with van der Waals surface area (Å²) < 4.78 is 1.91. The average molecular weight is 150 g/mol. The fraction of sp³-hybridized carbons (Fsp3) is 0.500. The van der Waals surface area contributed by atoms with E-state index in [9.17, 15) is 4.79 Å². The Labute approximate surface area is 65.1 Å². The van der Waals surface area contributed by atoms with Gasteiger partial charge in [0.25, 0.3) is 0 Å². The summed E-state index contributed by atoms with van der Waals surface area (Å²) in [5.41, 5.74) is -0.240. The molecule has 0 aromatic carbocycles. The molecule has 1 aromatic heterocycles. The van der Waals surface area contributed by atoms with Crippen molar-refractivity contribution < 1.29 is 4.79 Å². The van der Waals surface area contributed by atoms with E-state index in [0.717, 1.165) is 25.5 Å². The van der Waals surface area contributed by atoms with Crippen molar-refractivity contribution >= 4 is 6.29 Å². The number of hydrogen-bond donors (Lipinski definition) is 0. The first-order valence-corrected chi connectivity index (χ1v) is 3.82. The van der Waals surface area contributed by atoms with Gasteiger partial charge < -0.3 is 9.36 Å². The van der Waals surface area contributed by atoms with Gasteiger partial charge >= 0.3 is 0 Å². The van der Waals surface area contributed by atoms with Gasteiger partial charge in [0, 0.05) is 12.4 Å². The van der Waals surface area contributed by atoms with Gasteiger partial charge in [0.05, 0.1) is 6.33 Å². The molecule has 11 heavy (non-hydrogen) atoms. The second kappa shape index (κ2) is 2.19. The zero-order valence-corrected chi connectivity index (χ0v) is 6.23. The number of aldehydes is 1. The zero-order valence-electron chi connectivity index (χ0n) is 6.23. The topological polar surface area (TPSA) is 34.9 Å². The van der Waals surface area contributed by atoms with Gasteiger partial charge in [-0.2, -0.15) is 0 Å². The molecular formula is C8H10N2O. The Morgan fingerprint density at radius 1 is 1.55 bits per heavy atom. The van der Waals surface area contributed by atoms with Crippen LogP contribution in [-0.4, -0.2) is 15.8 Å². The third-order valence-electron chi connectivity index (χ3n) is 2.46. The van der Waals surface area contributed by atoms with Crippen LogP contribution in [0, 0.1) is 0 Å². The Balaban J connectivity index is 2.32. The molecule has 0 radical (unpaired) electrons. The standard InChI is InChI=1S/C8H10N2O/c11-6-8(2-1-3-8)10-5-4-9-7-10/h4-7H,1-3H2. The number of imidazole rings is 1. The fourth-order valence-corrected chi connectivity index (χ4v) is 1.50. The summed E-state index contributed by atoms with van der Waals surface area (Å²) in [5, 5.41) is 0. The smallest absolute Gasteiger partial charge is 0.145 e. The second-order valence-electron chi connectivity index (χ2n) is 3.04. The number of carbonyl (C=O) groups excluding carboxylic acids is 1. The molecule has 0 saturated heterocycles. The Morgan fingerprint density at radius 2 is 2.36 bits per heavy atom. The van der Waals surface area contributed by atoms with Crippen LogP contribution < -0.4 is 0 Å². The molecule has 58 valence electrons. The summed E-state index contributed by atoms with van der Waals surface area (Å²) in [7, 11) is 0. The molecule has 3 nitrogen and oxygen atoms in total. The van der Waals surface area contributed by atoms with Crippen molar-refractivity contribution in [2.24, 2.45) is 0 Å². The number of carbonyl (C=O) groups is 1. The molecule has 0 atom stereocenters. The van der Waals surface area contributed by atoms with E-state index in [0.29, 0.717) is 0 Å². The minimum absolute atomic E-state index is 0.240. The predicted octanol–water partition coefficient (Wildman–Crippen LogP) is 0.961. The van der Waals surface area contributed by atoms with E-state index >= 15 is 0 Å². The van der Waals surface area contributed by atoms with Crippen LogP contribution in [0.2, 0.25) is 0 Å². The molecule has 1 fully saturated rings. The highest BCUT2D eigenvalue weighted by molar-refractivity contribution is 5.63. The van der Waals surface area contributed by atoms with E-state index in [4.69, 9.17) is 0 Å². The highest BCUT2D eigenvalue weighted by Crippen LogP contribution is 2.36. The monoisotopic (exact) mass is 150 g/mol. The van der Waals surface area contributed by atoms with Crippen molar-refractivity contribution in [1.82, 2.24) is 9.55 Å². The van der Waals surface area contributed by atoms with E-state index in [2.05, 4.69) is 4.98 Å². The molecule has 1 heterocycles. The molecule has 1 saturated carbocycles. The molecule has 0 amide bonds. The summed E-state index contributed by atoms with van der Waals surface area (Å²) >= 11 is 0. The average Bonchev–Trinajstić information content (AvgIpc) is 2.39. The maximum absolute atomic E-state index is 10.8. The Kier molecular flexibility index (Phi) is 1.31. The Bertz CT molecular complexity index is 249. The number of hydrogen-bond acceptors (Lipinski definition) is 2. The highest BCUT2D eigenvalue weighted by Gasteiger charge is 2.37. The first kappa shape index (κ1) is 6.58. The van der Waals surface area contributed by atoms with E-state index in [-0.39, 0.29) is 5.54 Å². The molecule has 0 spiro atoms. The van der Waals surface area contributed by atoms with E-state index in [1.54, 1.807) is 12.5 Å².